The summed E-state index contributed by atoms with van der Waals surface area (Å²) in [6.07, 6.45) is 0.651. The van der Waals surface area contributed by atoms with Crippen molar-refractivity contribution in [2.45, 2.75) is 30.4 Å². The number of nitrogens with one attached hydrogen (secondary N) is 1. The van der Waals surface area contributed by atoms with Crippen LogP contribution in [-0.4, -0.2) is 44.1 Å². The summed E-state index contributed by atoms with van der Waals surface area (Å²) in [5.41, 5.74) is 1.05. The number of hydrogen-bond acceptors (Lipinski definition) is 4. The van der Waals surface area contributed by atoms with Gasteiger partial charge in [-0.15, -0.1) is 0 Å². The van der Waals surface area contributed by atoms with E-state index in [0.717, 1.165) is 12.1 Å². The van der Waals surface area contributed by atoms with Crippen LogP contribution in [0.15, 0.2) is 29.2 Å². The Morgan fingerprint density at radius 3 is 2.37 bits per heavy atom. The van der Waals surface area contributed by atoms with E-state index in [4.69, 9.17) is 0 Å². The minimum absolute atomic E-state index is 0.323. The first-order chi connectivity index (χ1) is 9.04. The van der Waals surface area contributed by atoms with Gasteiger partial charge < -0.3 is 10.4 Å². The molecule has 0 aliphatic carbocycles. The Kier molecular flexibility index (Phi) is 4.57. The van der Waals surface area contributed by atoms with Crippen molar-refractivity contribution < 1.29 is 13.5 Å². The van der Waals surface area contributed by atoms with E-state index in [9.17, 15) is 13.5 Å². The number of sulfonamides is 1. The quantitative estimate of drug-likeness (QED) is 0.847. The minimum Gasteiger partial charge on any atom is -0.393 e. The molecule has 1 saturated heterocycles. The molecule has 0 radical (unpaired) electrons. The van der Waals surface area contributed by atoms with Crippen LogP contribution in [-0.2, 0) is 16.6 Å². The molecular weight excluding hydrogens is 264 g/mol. The summed E-state index contributed by atoms with van der Waals surface area (Å²) < 4.78 is 26.2. The van der Waals surface area contributed by atoms with E-state index < -0.39 is 10.0 Å². The van der Waals surface area contributed by atoms with Crippen molar-refractivity contribution >= 4 is 10.0 Å². The fourth-order valence-electron chi connectivity index (χ4n) is 2.21. The second-order valence-electron chi connectivity index (χ2n) is 4.81. The van der Waals surface area contributed by atoms with Crippen molar-refractivity contribution in [3.63, 3.8) is 0 Å². The van der Waals surface area contributed by atoms with Crippen LogP contribution in [0.5, 0.6) is 0 Å². The zero-order chi connectivity index (χ0) is 13.9. The summed E-state index contributed by atoms with van der Waals surface area (Å²) in [6.45, 7) is 1.50. The zero-order valence-corrected chi connectivity index (χ0v) is 11.9. The van der Waals surface area contributed by atoms with E-state index in [2.05, 4.69) is 5.32 Å². The average Bonchev–Trinajstić information content (AvgIpc) is 2.40. The Morgan fingerprint density at radius 2 is 1.84 bits per heavy atom. The minimum atomic E-state index is -3.42. The van der Waals surface area contributed by atoms with Gasteiger partial charge in [-0.3, -0.25) is 0 Å². The maximum Gasteiger partial charge on any atom is 0.243 e. The van der Waals surface area contributed by atoms with Crippen molar-refractivity contribution in [3.8, 4) is 0 Å². The number of nitrogens with zero attached hydrogens (tertiary/aromatic N) is 1. The summed E-state index contributed by atoms with van der Waals surface area (Å²) in [4.78, 5) is 0.323. The molecule has 1 aromatic carbocycles. The Balaban J connectivity index is 2.15. The van der Waals surface area contributed by atoms with Crippen LogP contribution in [0.25, 0.3) is 0 Å². The van der Waals surface area contributed by atoms with Gasteiger partial charge in [-0.05, 0) is 37.6 Å². The number of hydrogen-bond donors (Lipinski definition) is 2. The molecule has 0 saturated carbocycles. The van der Waals surface area contributed by atoms with E-state index in [0.29, 0.717) is 30.8 Å². The van der Waals surface area contributed by atoms with Gasteiger partial charge in [0, 0.05) is 19.6 Å². The molecule has 1 aliphatic rings. The van der Waals surface area contributed by atoms with Gasteiger partial charge in [0.25, 0.3) is 0 Å². The molecular formula is C13H20N2O3S. The molecule has 0 atom stereocenters. The second kappa shape index (κ2) is 6.00. The highest BCUT2D eigenvalue weighted by Crippen LogP contribution is 2.21. The highest BCUT2D eigenvalue weighted by molar-refractivity contribution is 7.89. The molecule has 106 valence electrons. The molecule has 2 rings (SSSR count). The number of aliphatic hydroxyl groups is 1. The lowest BCUT2D eigenvalue weighted by Gasteiger charge is -2.28. The molecule has 2 N–H and O–H groups in total. The van der Waals surface area contributed by atoms with E-state index in [1.807, 2.05) is 19.2 Å². The van der Waals surface area contributed by atoms with Gasteiger partial charge in [0.2, 0.25) is 10.0 Å². The highest BCUT2D eigenvalue weighted by Gasteiger charge is 2.28. The molecule has 0 spiro atoms. The van der Waals surface area contributed by atoms with Crippen LogP contribution < -0.4 is 5.32 Å². The van der Waals surface area contributed by atoms with Crippen LogP contribution in [0, 0.1) is 0 Å². The number of aliphatic hydroxyl groups excluding tert-OH is 1. The number of rotatable bonds is 4. The molecule has 6 heteroatoms. The second-order valence-corrected chi connectivity index (χ2v) is 6.75. The molecule has 5 nitrogen and oxygen atoms in total. The third-order valence-electron chi connectivity index (χ3n) is 3.37. The van der Waals surface area contributed by atoms with Gasteiger partial charge in [-0.1, -0.05) is 12.1 Å². The predicted octanol–water partition coefficient (Wildman–Crippen LogP) is 0.551. The lowest BCUT2D eigenvalue weighted by Crippen LogP contribution is -2.39. The van der Waals surface area contributed by atoms with Crippen LogP contribution in [0.1, 0.15) is 18.4 Å². The predicted molar refractivity (Wildman–Crippen MR) is 73.2 cm³/mol. The van der Waals surface area contributed by atoms with Gasteiger partial charge in [0.1, 0.15) is 0 Å². The number of piperidine rings is 1. The van der Waals surface area contributed by atoms with Gasteiger partial charge in [-0.25, -0.2) is 8.42 Å². The van der Waals surface area contributed by atoms with E-state index >= 15 is 0 Å². The molecule has 1 aliphatic heterocycles. The lowest BCUT2D eigenvalue weighted by molar-refractivity contribution is 0.113. The topological polar surface area (TPSA) is 69.6 Å². The van der Waals surface area contributed by atoms with Crippen molar-refractivity contribution in [2.24, 2.45) is 0 Å². The van der Waals surface area contributed by atoms with E-state index in [1.165, 1.54) is 4.31 Å². The first kappa shape index (κ1) is 14.5. The Hall–Kier alpha value is -0.950. The summed E-state index contributed by atoms with van der Waals surface area (Å²) >= 11 is 0. The standard InChI is InChI=1S/C13H20N2O3S/c1-14-10-11-2-4-13(5-3-11)19(17,18)15-8-6-12(16)7-9-15/h2-5,12,14,16H,6-10H2,1H3. The molecule has 0 unspecified atom stereocenters. The monoisotopic (exact) mass is 284 g/mol. The Morgan fingerprint density at radius 1 is 1.26 bits per heavy atom. The van der Waals surface area contributed by atoms with Crippen molar-refractivity contribution in [2.75, 3.05) is 20.1 Å². The lowest BCUT2D eigenvalue weighted by atomic mass is 10.1. The van der Waals surface area contributed by atoms with Gasteiger partial charge >= 0.3 is 0 Å². The van der Waals surface area contributed by atoms with Crippen LogP contribution >= 0.6 is 0 Å². The van der Waals surface area contributed by atoms with Crippen molar-refractivity contribution in [1.82, 2.24) is 9.62 Å². The molecule has 0 bridgehead atoms. The fourth-order valence-corrected chi connectivity index (χ4v) is 3.68. The van der Waals surface area contributed by atoms with Crippen LogP contribution in [0.3, 0.4) is 0 Å². The van der Waals surface area contributed by atoms with Crippen LogP contribution in [0.2, 0.25) is 0 Å². The van der Waals surface area contributed by atoms with Gasteiger partial charge in [0.15, 0.2) is 0 Å². The summed E-state index contributed by atoms with van der Waals surface area (Å²) in [5.74, 6) is 0. The summed E-state index contributed by atoms with van der Waals surface area (Å²) in [5, 5.41) is 12.5. The third-order valence-corrected chi connectivity index (χ3v) is 5.28. The molecule has 1 fully saturated rings. The maximum atomic E-state index is 12.4. The highest BCUT2D eigenvalue weighted by atomic mass is 32.2. The largest absolute Gasteiger partial charge is 0.393 e. The van der Waals surface area contributed by atoms with Gasteiger partial charge in [-0.2, -0.15) is 4.31 Å². The Labute approximate surface area is 114 Å². The average molecular weight is 284 g/mol. The fraction of sp³-hybridized carbons (Fsp3) is 0.538. The normalized spacial score (nSPS) is 18.6. The Bertz CT molecular complexity index is 505. The number of benzene rings is 1. The SMILES string of the molecule is CNCc1ccc(S(=O)(=O)N2CCC(O)CC2)cc1. The van der Waals surface area contributed by atoms with Crippen molar-refractivity contribution in [3.05, 3.63) is 29.8 Å². The molecule has 0 amide bonds. The van der Waals surface area contributed by atoms with Crippen LogP contribution in [0.4, 0.5) is 0 Å². The van der Waals surface area contributed by atoms with E-state index in [-0.39, 0.29) is 6.10 Å². The van der Waals surface area contributed by atoms with E-state index in [1.54, 1.807) is 12.1 Å². The smallest absolute Gasteiger partial charge is 0.243 e. The van der Waals surface area contributed by atoms with Crippen molar-refractivity contribution in [1.29, 1.82) is 0 Å². The molecule has 1 aromatic rings. The summed E-state index contributed by atoms with van der Waals surface area (Å²) in [7, 11) is -1.56. The zero-order valence-electron chi connectivity index (χ0n) is 11.0. The maximum absolute atomic E-state index is 12.4. The summed E-state index contributed by atoms with van der Waals surface area (Å²) in [6, 6.07) is 6.93. The molecule has 0 aromatic heterocycles. The molecule has 19 heavy (non-hydrogen) atoms. The van der Waals surface area contributed by atoms with Gasteiger partial charge in [0.05, 0.1) is 11.0 Å². The third kappa shape index (κ3) is 3.33. The molecule has 1 heterocycles. The first-order valence-corrected chi connectivity index (χ1v) is 7.90. The first-order valence-electron chi connectivity index (χ1n) is 6.46.